The van der Waals surface area contributed by atoms with Crippen LogP contribution in [-0.4, -0.2) is 61.5 Å². The molecule has 29 heavy (non-hydrogen) atoms. The number of furan rings is 1. The Labute approximate surface area is 170 Å². The fraction of sp³-hybridized carbons (Fsp3) is 0.722. The Balaban J connectivity index is 1.42. The summed E-state index contributed by atoms with van der Waals surface area (Å²) in [6.45, 7) is 3.25. The first-order valence-electron chi connectivity index (χ1n) is 9.69. The summed E-state index contributed by atoms with van der Waals surface area (Å²) in [6.07, 6.45) is 3.46. The van der Waals surface area contributed by atoms with Crippen LogP contribution in [0.25, 0.3) is 0 Å². The Hall–Kier alpha value is -1.43. The van der Waals surface area contributed by atoms with Gasteiger partial charge in [0.05, 0.1) is 40.2 Å². The molecule has 1 aromatic rings. The molecule has 3 aliphatic rings. The Morgan fingerprint density at radius 1 is 1.31 bits per heavy atom. The van der Waals surface area contributed by atoms with Crippen LogP contribution in [0.4, 0.5) is 0 Å². The van der Waals surface area contributed by atoms with E-state index in [1.54, 1.807) is 0 Å². The van der Waals surface area contributed by atoms with Crippen LogP contribution in [0.5, 0.6) is 0 Å². The highest BCUT2D eigenvalue weighted by atomic mass is 32.3. The summed E-state index contributed by atoms with van der Waals surface area (Å²) < 4.78 is 57.5. The van der Waals surface area contributed by atoms with E-state index in [0.29, 0.717) is 39.1 Å². The number of nitrogens with zero attached hydrogens (tertiary/aromatic N) is 1. The van der Waals surface area contributed by atoms with Crippen molar-refractivity contribution < 1.29 is 31.3 Å². The molecule has 9 nitrogen and oxygen atoms in total. The average Bonchev–Trinajstić information content (AvgIpc) is 3.18. The third-order valence-electron chi connectivity index (χ3n) is 5.95. The van der Waals surface area contributed by atoms with Crippen molar-refractivity contribution in [3.63, 3.8) is 0 Å². The van der Waals surface area contributed by atoms with Crippen LogP contribution < -0.4 is 5.32 Å². The summed E-state index contributed by atoms with van der Waals surface area (Å²) in [7, 11) is -7.00. The van der Waals surface area contributed by atoms with E-state index in [4.69, 9.17) is 13.9 Å². The molecule has 4 rings (SSSR count). The van der Waals surface area contributed by atoms with Gasteiger partial charge in [-0.25, -0.2) is 4.21 Å². The molecule has 3 saturated heterocycles. The average molecular weight is 447 g/mol. The van der Waals surface area contributed by atoms with Crippen molar-refractivity contribution in [3.05, 3.63) is 18.4 Å². The highest BCUT2D eigenvalue weighted by Gasteiger charge is 2.45. The summed E-state index contributed by atoms with van der Waals surface area (Å²) in [5, 5.41) is 2.81. The molecular weight excluding hydrogens is 420 g/mol. The summed E-state index contributed by atoms with van der Waals surface area (Å²) in [6, 6.07) is 2.72. The van der Waals surface area contributed by atoms with E-state index in [-0.39, 0.29) is 28.5 Å². The van der Waals surface area contributed by atoms with Crippen LogP contribution in [0.3, 0.4) is 0 Å². The maximum atomic E-state index is 13.1. The van der Waals surface area contributed by atoms with Gasteiger partial charge in [0.15, 0.2) is 0 Å². The van der Waals surface area contributed by atoms with E-state index in [1.807, 2.05) is 6.92 Å². The number of ether oxygens (including phenoxy) is 2. The Morgan fingerprint density at radius 3 is 2.62 bits per heavy atom. The van der Waals surface area contributed by atoms with Crippen molar-refractivity contribution in [3.8, 4) is 0 Å². The summed E-state index contributed by atoms with van der Waals surface area (Å²) in [5.41, 5.74) is -0.969. The molecule has 0 bridgehead atoms. The highest BCUT2D eigenvalue weighted by Crippen LogP contribution is 2.37. The zero-order chi connectivity index (χ0) is 20.8. The standard InChI is InChI=1S/C18H26N2O7S2/c1-17(12-25-13-17)16(21)19-14-4-8-27-18(11-14)5-9-28(22,10-6-18)20-29(23,24)15-3-2-7-26-15/h2-3,7,14H,4-6,8-13H2,1H3,(H,19,21). The van der Waals surface area contributed by atoms with Gasteiger partial charge in [-0.1, -0.05) is 0 Å². The second-order valence-electron chi connectivity index (χ2n) is 8.41. The first-order valence-corrected chi connectivity index (χ1v) is 13.0. The van der Waals surface area contributed by atoms with Gasteiger partial charge >= 0.3 is 10.0 Å². The van der Waals surface area contributed by atoms with Crippen LogP contribution in [0.1, 0.15) is 32.6 Å². The second-order valence-corrected chi connectivity index (χ2v) is 12.7. The third-order valence-corrected chi connectivity index (χ3v) is 10.3. The molecule has 1 unspecified atom stereocenters. The molecule has 0 aliphatic carbocycles. The van der Waals surface area contributed by atoms with Gasteiger partial charge in [0.1, 0.15) is 0 Å². The summed E-state index contributed by atoms with van der Waals surface area (Å²) >= 11 is 0. The highest BCUT2D eigenvalue weighted by molar-refractivity contribution is 8.03. The molecule has 3 aliphatic heterocycles. The van der Waals surface area contributed by atoms with E-state index in [9.17, 15) is 17.4 Å². The third kappa shape index (κ3) is 4.23. The van der Waals surface area contributed by atoms with Crippen molar-refractivity contribution in [1.82, 2.24) is 5.32 Å². The molecule has 3 fully saturated rings. The van der Waals surface area contributed by atoms with Crippen LogP contribution in [0.15, 0.2) is 31.7 Å². The second kappa shape index (κ2) is 7.36. The molecule has 4 heterocycles. The van der Waals surface area contributed by atoms with Crippen LogP contribution in [-0.2, 0) is 34.0 Å². The van der Waals surface area contributed by atoms with Crippen molar-refractivity contribution in [2.75, 3.05) is 31.3 Å². The molecule has 1 atom stereocenters. The predicted octanol–water partition coefficient (Wildman–Crippen LogP) is 1.30. The first kappa shape index (κ1) is 20.8. The van der Waals surface area contributed by atoms with E-state index >= 15 is 0 Å². The van der Waals surface area contributed by atoms with Gasteiger partial charge in [0, 0.05) is 24.2 Å². The number of hydrogen-bond donors (Lipinski definition) is 1. The summed E-state index contributed by atoms with van der Waals surface area (Å²) in [4.78, 5) is 12.5. The van der Waals surface area contributed by atoms with E-state index in [1.165, 1.54) is 18.4 Å². The molecule has 0 aromatic carbocycles. The van der Waals surface area contributed by atoms with E-state index in [0.717, 1.165) is 6.42 Å². The maximum absolute atomic E-state index is 13.1. The van der Waals surface area contributed by atoms with Crippen molar-refractivity contribution >= 4 is 25.7 Å². The number of hydrogen-bond acceptors (Lipinski definition) is 7. The largest absolute Gasteiger partial charge is 0.451 e. The number of carbonyl (C=O) groups is 1. The van der Waals surface area contributed by atoms with Gasteiger partial charge in [-0.05, 0) is 44.7 Å². The molecule has 162 valence electrons. The zero-order valence-electron chi connectivity index (χ0n) is 16.3. The Bertz CT molecular complexity index is 975. The Kier molecular flexibility index (Phi) is 5.29. The number of rotatable bonds is 4. The number of nitrogens with one attached hydrogen (secondary N) is 1. The van der Waals surface area contributed by atoms with Gasteiger partial charge in [-0.2, -0.15) is 8.42 Å². The fourth-order valence-electron chi connectivity index (χ4n) is 4.02. The van der Waals surface area contributed by atoms with Crippen molar-refractivity contribution in [2.24, 2.45) is 9.18 Å². The van der Waals surface area contributed by atoms with Crippen LogP contribution >= 0.6 is 0 Å². The molecule has 0 radical (unpaired) electrons. The van der Waals surface area contributed by atoms with Gasteiger partial charge in [-0.15, -0.1) is 3.77 Å². The number of amides is 1. The van der Waals surface area contributed by atoms with E-state index < -0.39 is 30.8 Å². The quantitative estimate of drug-likeness (QED) is 0.739. The monoisotopic (exact) mass is 446 g/mol. The lowest BCUT2D eigenvalue weighted by Gasteiger charge is -2.45. The van der Waals surface area contributed by atoms with Crippen LogP contribution in [0.2, 0.25) is 0 Å². The molecule has 1 aromatic heterocycles. The van der Waals surface area contributed by atoms with Crippen molar-refractivity contribution in [1.29, 1.82) is 0 Å². The SMILES string of the molecule is CC1(C(=O)NC2CCOC3(CCS(=O)(=NS(=O)(=O)c4ccco4)CC3)C2)COC1. The molecule has 1 spiro atoms. The predicted molar refractivity (Wildman–Crippen MR) is 104 cm³/mol. The lowest BCUT2D eigenvalue weighted by Crippen LogP contribution is -2.57. The molecule has 1 amide bonds. The molecular formula is C18H26N2O7S2. The first-order chi connectivity index (χ1) is 13.6. The lowest BCUT2D eigenvalue weighted by molar-refractivity contribution is -0.160. The van der Waals surface area contributed by atoms with Crippen molar-refractivity contribution in [2.45, 2.75) is 49.3 Å². The zero-order valence-corrected chi connectivity index (χ0v) is 17.9. The van der Waals surface area contributed by atoms with Gasteiger partial charge in [0.25, 0.3) is 0 Å². The van der Waals surface area contributed by atoms with Gasteiger partial charge in [0.2, 0.25) is 11.0 Å². The number of sulfonamides is 1. The van der Waals surface area contributed by atoms with Gasteiger partial charge < -0.3 is 19.2 Å². The normalized spacial score (nSPS) is 34.3. The number of carbonyl (C=O) groups excluding carboxylic acids is 1. The lowest BCUT2D eigenvalue weighted by atomic mass is 9.83. The Morgan fingerprint density at radius 2 is 2.03 bits per heavy atom. The van der Waals surface area contributed by atoms with Crippen LogP contribution in [0, 0.1) is 5.41 Å². The topological polar surface area (TPSA) is 124 Å². The van der Waals surface area contributed by atoms with Gasteiger partial charge in [-0.3, -0.25) is 4.79 Å². The minimum atomic E-state index is -4.08. The smallest absolute Gasteiger partial charge is 0.323 e. The van der Waals surface area contributed by atoms with E-state index in [2.05, 4.69) is 9.08 Å². The minimum Gasteiger partial charge on any atom is -0.451 e. The molecule has 0 saturated carbocycles. The minimum absolute atomic E-state index is 0.00931. The molecule has 1 N–H and O–H groups in total. The fourth-order valence-corrected chi connectivity index (χ4v) is 8.35. The molecule has 11 heteroatoms. The summed E-state index contributed by atoms with van der Waals surface area (Å²) in [5.74, 6) is 0.267. The maximum Gasteiger partial charge on any atom is 0.323 e.